The number of fused-ring (bicyclic) bond motifs is 1. The number of nitrogens with zero attached hydrogens (tertiary/aromatic N) is 4. The number of aliphatic hydroxyl groups is 1. The Morgan fingerprint density at radius 3 is 2.56 bits per heavy atom. The van der Waals surface area contributed by atoms with E-state index in [9.17, 15) is 14.7 Å². The van der Waals surface area contributed by atoms with Crippen molar-refractivity contribution in [3.63, 3.8) is 0 Å². The first-order chi connectivity index (χ1) is 18.6. The summed E-state index contributed by atoms with van der Waals surface area (Å²) in [5.74, 6) is 0.234. The predicted octanol–water partition coefficient (Wildman–Crippen LogP) is 5.04. The van der Waals surface area contributed by atoms with Crippen molar-refractivity contribution < 1.29 is 14.7 Å². The van der Waals surface area contributed by atoms with Gasteiger partial charge in [-0.15, -0.1) is 11.3 Å². The normalized spacial score (nSPS) is 11.5. The molecule has 10 heteroatoms. The van der Waals surface area contributed by atoms with Crippen LogP contribution in [0.4, 0.5) is 17.5 Å². The number of amides is 2. The van der Waals surface area contributed by atoms with Gasteiger partial charge in [0.1, 0.15) is 5.82 Å². The fourth-order valence-corrected chi connectivity index (χ4v) is 5.14. The monoisotopic (exact) mass is 540 g/mol. The van der Waals surface area contributed by atoms with Crippen LogP contribution in [0.25, 0.3) is 21.5 Å². The molecule has 0 saturated heterocycles. The number of hydrogen-bond acceptors (Lipinski definition) is 7. The Kier molecular flexibility index (Phi) is 6.90. The first-order valence-electron chi connectivity index (χ1n) is 12.3. The van der Waals surface area contributed by atoms with Crippen molar-refractivity contribution in [1.82, 2.24) is 14.5 Å². The highest BCUT2D eigenvalue weighted by Crippen LogP contribution is 2.31. The lowest BCUT2D eigenvalue weighted by molar-refractivity contribution is 0.0630. The third-order valence-corrected chi connectivity index (χ3v) is 7.24. The minimum absolute atomic E-state index is 0.149. The largest absolute Gasteiger partial charge is 0.389 e. The van der Waals surface area contributed by atoms with Crippen LogP contribution in [-0.4, -0.2) is 44.1 Å². The number of carbonyl (C=O) groups is 2. The zero-order chi connectivity index (χ0) is 27.7. The second-order valence-electron chi connectivity index (χ2n) is 9.82. The maximum absolute atomic E-state index is 13.2. The first-order valence-corrected chi connectivity index (χ1v) is 13.1. The van der Waals surface area contributed by atoms with Crippen LogP contribution in [0.15, 0.2) is 79.0 Å². The minimum Gasteiger partial charge on any atom is -0.389 e. The van der Waals surface area contributed by atoms with Gasteiger partial charge < -0.3 is 20.3 Å². The molecule has 0 radical (unpaired) electrons. The molecule has 4 N–H and O–H groups in total. The third kappa shape index (κ3) is 5.66. The zero-order valence-corrected chi connectivity index (χ0v) is 22.6. The van der Waals surface area contributed by atoms with Crippen LogP contribution in [0.3, 0.4) is 0 Å². The second-order valence-corrected chi connectivity index (χ2v) is 10.9. The number of thiophene rings is 1. The van der Waals surface area contributed by atoms with Crippen molar-refractivity contribution in [2.24, 2.45) is 0 Å². The standard InChI is InChI=1S/C29H28N6O3S/c1-29(2,38)17-35-22-10-9-20(34(3)27(37)18-7-5-4-6-8-18)16-21(22)32-28(35)33-26(36)24-12-11-23(39-24)19-13-14-31-25(30)15-19/h4-16,38H,17H2,1-3H3,(H2,30,31)(H,32,33,36). The van der Waals surface area contributed by atoms with Gasteiger partial charge in [-0.2, -0.15) is 0 Å². The summed E-state index contributed by atoms with van der Waals surface area (Å²) in [5.41, 5.74) is 8.15. The molecule has 0 aliphatic heterocycles. The number of carbonyl (C=O) groups excluding carboxylic acids is 2. The summed E-state index contributed by atoms with van der Waals surface area (Å²) in [6, 6.07) is 21.7. The van der Waals surface area contributed by atoms with E-state index >= 15 is 0 Å². The van der Waals surface area contributed by atoms with E-state index < -0.39 is 5.60 Å². The molecule has 0 aliphatic rings. The number of pyridine rings is 1. The minimum atomic E-state index is -1.07. The van der Waals surface area contributed by atoms with Gasteiger partial charge in [0, 0.05) is 29.4 Å². The molecule has 5 aromatic rings. The first kappa shape index (κ1) is 26.1. The number of anilines is 3. The van der Waals surface area contributed by atoms with E-state index in [1.54, 1.807) is 66.9 Å². The number of rotatable bonds is 7. The van der Waals surface area contributed by atoms with Crippen LogP contribution in [0.2, 0.25) is 0 Å². The smallest absolute Gasteiger partial charge is 0.268 e. The van der Waals surface area contributed by atoms with Gasteiger partial charge in [0.05, 0.1) is 28.1 Å². The van der Waals surface area contributed by atoms with Crippen LogP contribution in [0, 0.1) is 0 Å². The Labute approximate surface area is 229 Å². The van der Waals surface area contributed by atoms with Crippen molar-refractivity contribution in [2.45, 2.75) is 26.0 Å². The molecule has 3 aromatic heterocycles. The zero-order valence-electron chi connectivity index (χ0n) is 21.8. The van der Waals surface area contributed by atoms with Crippen molar-refractivity contribution in [1.29, 1.82) is 0 Å². The summed E-state index contributed by atoms with van der Waals surface area (Å²) in [6.07, 6.45) is 1.63. The van der Waals surface area contributed by atoms with Gasteiger partial charge >= 0.3 is 0 Å². The lowest BCUT2D eigenvalue weighted by atomic mass is 10.1. The molecule has 198 valence electrons. The van der Waals surface area contributed by atoms with Crippen LogP contribution < -0.4 is 16.0 Å². The van der Waals surface area contributed by atoms with Crippen LogP contribution in [-0.2, 0) is 6.54 Å². The van der Waals surface area contributed by atoms with Gasteiger partial charge in [0.2, 0.25) is 5.95 Å². The van der Waals surface area contributed by atoms with E-state index in [0.717, 1.165) is 16.0 Å². The summed E-state index contributed by atoms with van der Waals surface area (Å²) in [5, 5.41) is 13.5. The quantitative estimate of drug-likeness (QED) is 0.265. The molecule has 0 saturated carbocycles. The molecule has 0 unspecified atom stereocenters. The van der Waals surface area contributed by atoms with E-state index in [1.807, 2.05) is 42.5 Å². The molecule has 0 fully saturated rings. The molecule has 39 heavy (non-hydrogen) atoms. The van der Waals surface area contributed by atoms with Crippen molar-refractivity contribution >= 4 is 51.6 Å². The molecule has 0 spiro atoms. The molecule has 0 atom stereocenters. The second kappa shape index (κ2) is 10.3. The molecular formula is C29H28N6O3S. The number of hydrogen-bond donors (Lipinski definition) is 3. The van der Waals surface area contributed by atoms with Gasteiger partial charge in [-0.1, -0.05) is 18.2 Å². The summed E-state index contributed by atoms with van der Waals surface area (Å²) < 4.78 is 1.77. The lowest BCUT2D eigenvalue weighted by Gasteiger charge is -2.20. The lowest BCUT2D eigenvalue weighted by Crippen LogP contribution is -2.27. The summed E-state index contributed by atoms with van der Waals surface area (Å²) in [7, 11) is 1.71. The summed E-state index contributed by atoms with van der Waals surface area (Å²) in [6.45, 7) is 3.58. The molecule has 0 aliphatic carbocycles. The number of aromatic nitrogens is 3. The number of nitrogens with one attached hydrogen (secondary N) is 1. The van der Waals surface area contributed by atoms with Crippen molar-refractivity contribution in [3.8, 4) is 10.4 Å². The fraction of sp³-hybridized carbons (Fsp3) is 0.172. The van der Waals surface area contributed by atoms with Crippen molar-refractivity contribution in [3.05, 3.63) is 89.4 Å². The molecule has 2 aromatic carbocycles. The van der Waals surface area contributed by atoms with Crippen LogP contribution >= 0.6 is 11.3 Å². The highest BCUT2D eigenvalue weighted by molar-refractivity contribution is 7.17. The Hall–Kier alpha value is -4.54. The van der Waals surface area contributed by atoms with Gasteiger partial charge in [-0.25, -0.2) is 9.97 Å². The number of imidazole rings is 1. The van der Waals surface area contributed by atoms with Gasteiger partial charge in [-0.3, -0.25) is 14.9 Å². The van der Waals surface area contributed by atoms with Gasteiger partial charge in [0.15, 0.2) is 0 Å². The van der Waals surface area contributed by atoms with E-state index in [-0.39, 0.29) is 18.4 Å². The summed E-state index contributed by atoms with van der Waals surface area (Å²) >= 11 is 1.33. The highest BCUT2D eigenvalue weighted by Gasteiger charge is 2.23. The maximum Gasteiger partial charge on any atom is 0.268 e. The molecular weight excluding hydrogens is 512 g/mol. The van der Waals surface area contributed by atoms with Gasteiger partial charge in [0.25, 0.3) is 11.8 Å². The van der Waals surface area contributed by atoms with E-state index in [4.69, 9.17) is 5.73 Å². The Bertz CT molecular complexity index is 1670. The SMILES string of the molecule is CN(C(=O)c1ccccc1)c1ccc2c(c1)nc(NC(=O)c1ccc(-c3ccnc(N)c3)s1)n2CC(C)(C)O. The number of benzene rings is 2. The van der Waals surface area contributed by atoms with Gasteiger partial charge in [-0.05, 0) is 74.0 Å². The Morgan fingerprint density at radius 1 is 1.08 bits per heavy atom. The fourth-order valence-electron chi connectivity index (χ4n) is 4.24. The third-order valence-electron chi connectivity index (χ3n) is 6.11. The summed E-state index contributed by atoms with van der Waals surface area (Å²) in [4.78, 5) is 37.8. The number of nitrogens with two attached hydrogens (primary N) is 1. The molecule has 9 nitrogen and oxygen atoms in total. The average molecular weight is 541 g/mol. The highest BCUT2D eigenvalue weighted by atomic mass is 32.1. The van der Waals surface area contributed by atoms with E-state index in [0.29, 0.717) is 33.4 Å². The topological polar surface area (TPSA) is 126 Å². The predicted molar refractivity (Wildman–Crippen MR) is 155 cm³/mol. The maximum atomic E-state index is 13.2. The number of nitrogen functional groups attached to an aromatic ring is 1. The van der Waals surface area contributed by atoms with Crippen LogP contribution in [0.1, 0.15) is 33.9 Å². The van der Waals surface area contributed by atoms with Crippen molar-refractivity contribution in [2.75, 3.05) is 23.0 Å². The van der Waals surface area contributed by atoms with E-state index in [2.05, 4.69) is 15.3 Å². The van der Waals surface area contributed by atoms with Crippen LogP contribution in [0.5, 0.6) is 0 Å². The molecule has 2 amide bonds. The Balaban J connectivity index is 1.46. The van der Waals surface area contributed by atoms with E-state index in [1.165, 1.54) is 11.3 Å². The molecule has 3 heterocycles. The Morgan fingerprint density at radius 2 is 1.85 bits per heavy atom. The molecule has 0 bridgehead atoms. The molecule has 5 rings (SSSR count). The average Bonchev–Trinajstić information content (AvgIpc) is 3.53.